The number of benzene rings is 2. The highest BCUT2D eigenvalue weighted by Gasteiger charge is 2.34. The fourth-order valence-corrected chi connectivity index (χ4v) is 3.34. The molecular weight excluding hydrogens is 370 g/mol. The summed E-state index contributed by atoms with van der Waals surface area (Å²) in [5.74, 6) is 2.63. The maximum atomic E-state index is 12.2. The Kier molecular flexibility index (Phi) is 5.67. The lowest BCUT2D eigenvalue weighted by atomic mass is 10.2. The Bertz CT molecular complexity index is 915. The fourth-order valence-electron chi connectivity index (χ4n) is 2.32. The standard InChI is InChI=1S/C20H14ClNO3S/c1-2-11-22-19(23)18(26-20(22)24)12-14-7-9-16(10-8-14)25-13-15-5-3-4-6-17(15)21/h1,3-10,12H,11,13H2/b18-12+. The first-order valence-corrected chi connectivity index (χ1v) is 8.93. The van der Waals surface area contributed by atoms with Gasteiger partial charge in [0.05, 0.1) is 11.4 Å². The van der Waals surface area contributed by atoms with Crippen LogP contribution in [0.3, 0.4) is 0 Å². The molecule has 4 nitrogen and oxygen atoms in total. The van der Waals surface area contributed by atoms with E-state index in [2.05, 4.69) is 5.92 Å². The molecule has 2 aromatic rings. The van der Waals surface area contributed by atoms with Crippen molar-refractivity contribution in [2.75, 3.05) is 6.54 Å². The van der Waals surface area contributed by atoms with Gasteiger partial charge in [-0.2, -0.15) is 0 Å². The number of carbonyl (C=O) groups is 2. The largest absolute Gasteiger partial charge is 0.489 e. The van der Waals surface area contributed by atoms with Crippen LogP contribution in [0.25, 0.3) is 6.08 Å². The molecule has 1 heterocycles. The maximum absolute atomic E-state index is 12.2. The quantitative estimate of drug-likeness (QED) is 0.559. The SMILES string of the molecule is C#CCN1C(=O)S/C(=C/c2ccc(OCc3ccccc3Cl)cc2)C1=O. The summed E-state index contributed by atoms with van der Waals surface area (Å²) in [6, 6.07) is 14.7. The summed E-state index contributed by atoms with van der Waals surface area (Å²) in [5.41, 5.74) is 1.70. The van der Waals surface area contributed by atoms with Crippen LogP contribution >= 0.6 is 23.4 Å². The third-order valence-electron chi connectivity index (χ3n) is 3.65. The van der Waals surface area contributed by atoms with Crippen LogP contribution in [0.2, 0.25) is 5.02 Å². The minimum atomic E-state index is -0.364. The number of terminal acetylenes is 1. The van der Waals surface area contributed by atoms with Gasteiger partial charge in [0.15, 0.2) is 0 Å². The average molecular weight is 384 g/mol. The number of hydrogen-bond acceptors (Lipinski definition) is 4. The van der Waals surface area contributed by atoms with Crippen LogP contribution in [0.15, 0.2) is 53.4 Å². The van der Waals surface area contributed by atoms with E-state index in [1.807, 2.05) is 36.4 Å². The van der Waals surface area contributed by atoms with Gasteiger partial charge >= 0.3 is 0 Å². The van der Waals surface area contributed by atoms with Gasteiger partial charge in [0, 0.05) is 10.6 Å². The van der Waals surface area contributed by atoms with Gasteiger partial charge in [-0.25, -0.2) is 0 Å². The molecule has 1 fully saturated rings. The minimum absolute atomic E-state index is 0.0170. The molecule has 6 heteroatoms. The number of ether oxygens (including phenoxy) is 1. The number of thioether (sulfide) groups is 1. The van der Waals surface area contributed by atoms with Gasteiger partial charge in [0.2, 0.25) is 0 Å². The highest BCUT2D eigenvalue weighted by molar-refractivity contribution is 8.18. The van der Waals surface area contributed by atoms with Gasteiger partial charge in [-0.1, -0.05) is 47.9 Å². The molecule has 0 aliphatic carbocycles. The Morgan fingerprint density at radius 2 is 1.88 bits per heavy atom. The lowest BCUT2D eigenvalue weighted by molar-refractivity contribution is -0.122. The van der Waals surface area contributed by atoms with Crippen molar-refractivity contribution in [3.63, 3.8) is 0 Å². The van der Waals surface area contributed by atoms with Crippen molar-refractivity contribution in [3.05, 3.63) is 69.6 Å². The van der Waals surface area contributed by atoms with Crippen molar-refractivity contribution < 1.29 is 14.3 Å². The van der Waals surface area contributed by atoms with Gasteiger partial charge in [-0.05, 0) is 41.6 Å². The molecule has 0 atom stereocenters. The Morgan fingerprint density at radius 3 is 2.58 bits per heavy atom. The second kappa shape index (κ2) is 8.13. The molecule has 3 rings (SSSR count). The summed E-state index contributed by atoms with van der Waals surface area (Å²) in [4.78, 5) is 25.3. The summed E-state index contributed by atoms with van der Waals surface area (Å²) < 4.78 is 5.72. The minimum Gasteiger partial charge on any atom is -0.489 e. The van der Waals surface area contributed by atoms with Crippen molar-refractivity contribution >= 4 is 40.6 Å². The molecule has 0 radical (unpaired) electrons. The molecular formula is C20H14ClNO3S. The summed E-state index contributed by atoms with van der Waals surface area (Å²) >= 11 is 6.99. The molecule has 1 aliphatic heterocycles. The summed E-state index contributed by atoms with van der Waals surface area (Å²) in [7, 11) is 0. The second-order valence-corrected chi connectivity index (χ2v) is 6.82. The molecule has 1 saturated heterocycles. The van der Waals surface area contributed by atoms with E-state index >= 15 is 0 Å². The lowest BCUT2D eigenvalue weighted by Gasteiger charge is -2.08. The molecule has 130 valence electrons. The van der Waals surface area contributed by atoms with Crippen LogP contribution in [-0.4, -0.2) is 22.6 Å². The van der Waals surface area contributed by atoms with Gasteiger partial charge in [-0.3, -0.25) is 14.5 Å². The summed E-state index contributed by atoms with van der Waals surface area (Å²) in [6.07, 6.45) is 6.85. The van der Waals surface area contributed by atoms with E-state index in [1.54, 1.807) is 18.2 Å². The zero-order valence-corrected chi connectivity index (χ0v) is 15.2. The number of nitrogens with zero attached hydrogens (tertiary/aromatic N) is 1. The molecule has 0 bridgehead atoms. The molecule has 0 saturated carbocycles. The predicted molar refractivity (Wildman–Crippen MR) is 104 cm³/mol. The molecule has 0 unspecified atom stereocenters. The first-order valence-electron chi connectivity index (χ1n) is 7.73. The Labute approximate surface area is 160 Å². The van der Waals surface area contributed by atoms with Crippen LogP contribution in [0.4, 0.5) is 4.79 Å². The van der Waals surface area contributed by atoms with Gasteiger partial charge in [0.25, 0.3) is 11.1 Å². The lowest BCUT2D eigenvalue weighted by Crippen LogP contribution is -2.28. The van der Waals surface area contributed by atoms with E-state index in [0.717, 1.165) is 27.8 Å². The average Bonchev–Trinajstić information content (AvgIpc) is 2.90. The second-order valence-electron chi connectivity index (χ2n) is 5.42. The van der Waals surface area contributed by atoms with Crippen molar-refractivity contribution in [1.82, 2.24) is 4.90 Å². The van der Waals surface area contributed by atoms with Gasteiger partial charge in [0.1, 0.15) is 12.4 Å². The molecule has 0 N–H and O–H groups in total. The van der Waals surface area contributed by atoms with E-state index in [1.165, 1.54) is 0 Å². The molecule has 0 spiro atoms. The van der Waals surface area contributed by atoms with E-state index in [-0.39, 0.29) is 17.7 Å². The number of hydrogen-bond donors (Lipinski definition) is 0. The van der Waals surface area contributed by atoms with Crippen molar-refractivity contribution in [2.45, 2.75) is 6.61 Å². The molecule has 26 heavy (non-hydrogen) atoms. The monoisotopic (exact) mass is 383 g/mol. The Hall–Kier alpha value is -2.68. The zero-order chi connectivity index (χ0) is 18.5. The predicted octanol–water partition coefficient (Wildman–Crippen LogP) is 4.59. The highest BCUT2D eigenvalue weighted by atomic mass is 35.5. The topological polar surface area (TPSA) is 46.6 Å². The van der Waals surface area contributed by atoms with Crippen LogP contribution in [-0.2, 0) is 11.4 Å². The van der Waals surface area contributed by atoms with Crippen LogP contribution in [0, 0.1) is 12.3 Å². The van der Waals surface area contributed by atoms with Crippen LogP contribution in [0.5, 0.6) is 5.75 Å². The number of carbonyl (C=O) groups excluding carboxylic acids is 2. The van der Waals surface area contributed by atoms with Gasteiger partial charge in [-0.15, -0.1) is 6.42 Å². The summed E-state index contributed by atoms with van der Waals surface area (Å²) in [6.45, 7) is 0.348. The molecule has 2 amide bonds. The molecule has 2 aromatic carbocycles. The number of rotatable bonds is 5. The number of amides is 2. The van der Waals surface area contributed by atoms with E-state index < -0.39 is 0 Å². The third-order valence-corrected chi connectivity index (χ3v) is 4.93. The highest BCUT2D eigenvalue weighted by Crippen LogP contribution is 2.32. The van der Waals surface area contributed by atoms with E-state index in [4.69, 9.17) is 22.8 Å². The Balaban J connectivity index is 1.67. The van der Waals surface area contributed by atoms with Crippen molar-refractivity contribution in [3.8, 4) is 18.1 Å². The zero-order valence-electron chi connectivity index (χ0n) is 13.6. The fraction of sp³-hybridized carbons (Fsp3) is 0.100. The first-order chi connectivity index (χ1) is 12.6. The summed E-state index contributed by atoms with van der Waals surface area (Å²) in [5, 5.41) is 0.311. The smallest absolute Gasteiger partial charge is 0.294 e. The number of imide groups is 1. The van der Waals surface area contributed by atoms with Crippen molar-refractivity contribution in [1.29, 1.82) is 0 Å². The maximum Gasteiger partial charge on any atom is 0.294 e. The molecule has 1 aliphatic rings. The first kappa shape index (κ1) is 18.1. The van der Waals surface area contributed by atoms with Crippen LogP contribution < -0.4 is 4.74 Å². The Morgan fingerprint density at radius 1 is 1.15 bits per heavy atom. The van der Waals surface area contributed by atoms with Crippen molar-refractivity contribution in [2.24, 2.45) is 0 Å². The van der Waals surface area contributed by atoms with Crippen LogP contribution in [0.1, 0.15) is 11.1 Å². The van der Waals surface area contributed by atoms with Gasteiger partial charge < -0.3 is 4.74 Å². The molecule has 0 aromatic heterocycles. The number of halogens is 1. The third kappa shape index (κ3) is 4.10. The van der Waals surface area contributed by atoms with E-state index in [9.17, 15) is 9.59 Å². The normalized spacial score (nSPS) is 15.4. The van der Waals surface area contributed by atoms with E-state index in [0.29, 0.717) is 22.3 Å².